The monoisotopic (exact) mass is 400 g/mol. The molecule has 0 N–H and O–H groups in total. The Kier molecular flexibility index (Phi) is 5.99. The van der Waals surface area contributed by atoms with Crippen molar-refractivity contribution in [2.45, 2.75) is 26.7 Å². The van der Waals surface area contributed by atoms with E-state index in [4.69, 9.17) is 20.8 Å². The van der Waals surface area contributed by atoms with Crippen molar-refractivity contribution in [2.24, 2.45) is 7.05 Å². The lowest BCUT2D eigenvalue weighted by atomic mass is 10.1. The summed E-state index contributed by atoms with van der Waals surface area (Å²) in [6, 6.07) is 9.00. The van der Waals surface area contributed by atoms with Gasteiger partial charge < -0.3 is 13.7 Å². The maximum Gasteiger partial charge on any atom is 0.306 e. The van der Waals surface area contributed by atoms with E-state index in [0.717, 1.165) is 17.0 Å². The molecule has 6 nitrogen and oxygen atoms in total. The molecule has 3 aromatic rings. The first-order chi connectivity index (χ1) is 13.3. The van der Waals surface area contributed by atoms with Gasteiger partial charge in [0.15, 0.2) is 18.3 Å². The standard InChI is InChI=1S/C21H21ClN2O4/c1-13-10-17(14(2)24(13)3)18(25)12-27-21(26)9-8-20-23-11-19(28-20)15-4-6-16(22)7-5-15/h4-7,10-11H,8-9,12H2,1-3H3. The molecule has 0 saturated heterocycles. The second-order valence-corrected chi connectivity index (χ2v) is 6.99. The number of hydrogen-bond donors (Lipinski definition) is 0. The number of hydrogen-bond acceptors (Lipinski definition) is 5. The van der Waals surface area contributed by atoms with Crippen molar-refractivity contribution in [1.82, 2.24) is 9.55 Å². The molecule has 28 heavy (non-hydrogen) atoms. The summed E-state index contributed by atoms with van der Waals surface area (Å²) in [5, 5.41) is 0.640. The van der Waals surface area contributed by atoms with E-state index in [1.807, 2.05) is 37.6 Å². The first kappa shape index (κ1) is 19.9. The average Bonchev–Trinajstić information content (AvgIpc) is 3.25. The zero-order valence-electron chi connectivity index (χ0n) is 16.0. The Morgan fingerprint density at radius 1 is 1.21 bits per heavy atom. The predicted octanol–water partition coefficient (Wildman–Crippen LogP) is 4.31. The molecule has 1 aromatic carbocycles. The number of nitrogens with zero attached hydrogens (tertiary/aromatic N) is 2. The number of benzene rings is 1. The van der Waals surface area contributed by atoms with Crippen molar-refractivity contribution >= 4 is 23.4 Å². The number of ketones is 1. The molecular weight excluding hydrogens is 380 g/mol. The zero-order valence-corrected chi connectivity index (χ0v) is 16.7. The van der Waals surface area contributed by atoms with Crippen LogP contribution in [0.3, 0.4) is 0 Å². The minimum atomic E-state index is -0.468. The molecule has 0 bridgehead atoms. The van der Waals surface area contributed by atoms with Gasteiger partial charge in [0.1, 0.15) is 0 Å². The van der Waals surface area contributed by atoms with E-state index >= 15 is 0 Å². The molecule has 3 rings (SSSR count). The molecule has 0 radical (unpaired) electrons. The molecule has 146 valence electrons. The summed E-state index contributed by atoms with van der Waals surface area (Å²) in [6.07, 6.45) is 1.98. The van der Waals surface area contributed by atoms with Gasteiger partial charge in [-0.3, -0.25) is 9.59 Å². The summed E-state index contributed by atoms with van der Waals surface area (Å²) < 4.78 is 12.7. The van der Waals surface area contributed by atoms with Gasteiger partial charge in [0.2, 0.25) is 5.78 Å². The Morgan fingerprint density at radius 3 is 2.57 bits per heavy atom. The molecule has 0 saturated carbocycles. The summed E-state index contributed by atoms with van der Waals surface area (Å²) in [5.74, 6) is 0.355. The van der Waals surface area contributed by atoms with Crippen molar-refractivity contribution < 1.29 is 18.7 Å². The van der Waals surface area contributed by atoms with Crippen LogP contribution in [0.5, 0.6) is 0 Å². The topological polar surface area (TPSA) is 74.3 Å². The van der Waals surface area contributed by atoms with Crippen molar-refractivity contribution in [1.29, 1.82) is 0 Å². The number of rotatable bonds is 7. The third kappa shape index (κ3) is 4.51. The lowest BCUT2D eigenvalue weighted by molar-refractivity contribution is -0.142. The van der Waals surface area contributed by atoms with E-state index < -0.39 is 5.97 Å². The lowest BCUT2D eigenvalue weighted by Gasteiger charge is -2.04. The summed E-state index contributed by atoms with van der Waals surface area (Å²) in [5.41, 5.74) is 3.26. The average molecular weight is 401 g/mol. The number of Topliss-reactive ketones (excluding diaryl/α,β-unsaturated/α-hetero) is 1. The van der Waals surface area contributed by atoms with Crippen LogP contribution >= 0.6 is 11.6 Å². The minimum Gasteiger partial charge on any atom is -0.457 e. The number of carbonyl (C=O) groups excluding carboxylic acids is 2. The lowest BCUT2D eigenvalue weighted by Crippen LogP contribution is -2.15. The number of aromatic nitrogens is 2. The summed E-state index contributed by atoms with van der Waals surface area (Å²) in [7, 11) is 1.89. The Hall–Kier alpha value is -2.86. The number of oxazole rings is 1. The van der Waals surface area contributed by atoms with E-state index in [1.165, 1.54) is 0 Å². The van der Waals surface area contributed by atoms with E-state index in [1.54, 1.807) is 24.4 Å². The highest BCUT2D eigenvalue weighted by Crippen LogP contribution is 2.22. The third-order valence-corrected chi connectivity index (χ3v) is 4.92. The maximum atomic E-state index is 12.3. The normalized spacial score (nSPS) is 10.9. The van der Waals surface area contributed by atoms with Gasteiger partial charge in [-0.25, -0.2) is 4.98 Å². The van der Waals surface area contributed by atoms with Crippen LogP contribution in [-0.2, 0) is 23.0 Å². The van der Waals surface area contributed by atoms with E-state index in [9.17, 15) is 9.59 Å². The quantitative estimate of drug-likeness (QED) is 0.436. The number of carbonyl (C=O) groups is 2. The van der Waals surface area contributed by atoms with Gasteiger partial charge in [0.25, 0.3) is 0 Å². The fourth-order valence-electron chi connectivity index (χ4n) is 2.82. The number of halogens is 1. The predicted molar refractivity (Wildman–Crippen MR) is 105 cm³/mol. The smallest absolute Gasteiger partial charge is 0.306 e. The molecular formula is C21H21ClN2O4. The summed E-state index contributed by atoms with van der Waals surface area (Å²) in [6.45, 7) is 3.51. The van der Waals surface area contributed by atoms with Gasteiger partial charge in [-0.1, -0.05) is 11.6 Å². The fraction of sp³-hybridized carbons (Fsp3) is 0.286. The van der Waals surface area contributed by atoms with E-state index in [0.29, 0.717) is 28.7 Å². The number of ether oxygens (including phenoxy) is 1. The Labute approximate surface area is 168 Å². The third-order valence-electron chi connectivity index (χ3n) is 4.67. The van der Waals surface area contributed by atoms with Crippen LogP contribution in [0.2, 0.25) is 5.02 Å². The van der Waals surface area contributed by atoms with Gasteiger partial charge in [-0.15, -0.1) is 0 Å². The molecule has 7 heteroatoms. The van der Waals surface area contributed by atoms with Crippen LogP contribution in [0.1, 0.15) is 34.1 Å². The maximum absolute atomic E-state index is 12.3. The second kappa shape index (κ2) is 8.44. The molecule has 0 fully saturated rings. The van der Waals surface area contributed by atoms with Gasteiger partial charge in [-0.05, 0) is 44.2 Å². The van der Waals surface area contributed by atoms with Crippen LogP contribution in [0.15, 0.2) is 40.9 Å². The molecule has 0 atom stereocenters. The minimum absolute atomic E-state index is 0.0840. The van der Waals surface area contributed by atoms with Gasteiger partial charge in [0.05, 0.1) is 12.6 Å². The molecule has 0 spiro atoms. The number of aryl methyl sites for hydroxylation is 2. The zero-order chi connectivity index (χ0) is 20.3. The first-order valence-corrected chi connectivity index (χ1v) is 9.25. The molecule has 2 heterocycles. The van der Waals surface area contributed by atoms with E-state index in [-0.39, 0.29) is 18.8 Å². The highest BCUT2D eigenvalue weighted by atomic mass is 35.5. The molecule has 0 amide bonds. The van der Waals surface area contributed by atoms with E-state index in [2.05, 4.69) is 4.98 Å². The highest BCUT2D eigenvalue weighted by molar-refractivity contribution is 6.30. The Morgan fingerprint density at radius 2 is 1.93 bits per heavy atom. The van der Waals surface area contributed by atoms with Crippen LogP contribution < -0.4 is 0 Å². The van der Waals surface area contributed by atoms with Crippen molar-refractivity contribution in [3.05, 3.63) is 64.4 Å². The van der Waals surface area contributed by atoms with Gasteiger partial charge in [-0.2, -0.15) is 0 Å². The number of esters is 1. The van der Waals surface area contributed by atoms with Crippen LogP contribution in [-0.4, -0.2) is 27.9 Å². The SMILES string of the molecule is Cc1cc(C(=O)COC(=O)CCc2ncc(-c3ccc(Cl)cc3)o2)c(C)n1C. The highest BCUT2D eigenvalue weighted by Gasteiger charge is 2.16. The first-order valence-electron chi connectivity index (χ1n) is 8.87. The van der Waals surface area contributed by atoms with Crippen LogP contribution in [0.25, 0.3) is 11.3 Å². The van der Waals surface area contributed by atoms with Crippen molar-refractivity contribution in [3.63, 3.8) is 0 Å². The Balaban J connectivity index is 1.50. The molecule has 0 aliphatic rings. The summed E-state index contributed by atoms with van der Waals surface area (Å²) >= 11 is 5.87. The second-order valence-electron chi connectivity index (χ2n) is 6.55. The van der Waals surface area contributed by atoms with Gasteiger partial charge in [0, 0.05) is 41.0 Å². The largest absolute Gasteiger partial charge is 0.457 e. The van der Waals surface area contributed by atoms with Gasteiger partial charge >= 0.3 is 5.97 Å². The van der Waals surface area contributed by atoms with Crippen LogP contribution in [0.4, 0.5) is 0 Å². The molecule has 0 aliphatic carbocycles. The van der Waals surface area contributed by atoms with Crippen molar-refractivity contribution in [3.8, 4) is 11.3 Å². The summed E-state index contributed by atoms with van der Waals surface area (Å²) in [4.78, 5) is 28.4. The Bertz CT molecular complexity index is 1000. The van der Waals surface area contributed by atoms with Crippen molar-refractivity contribution in [2.75, 3.05) is 6.61 Å². The molecule has 2 aromatic heterocycles. The molecule has 0 aliphatic heterocycles. The van der Waals surface area contributed by atoms with Crippen LogP contribution in [0, 0.1) is 13.8 Å². The molecule has 0 unspecified atom stereocenters. The fourth-order valence-corrected chi connectivity index (χ4v) is 2.94.